The minimum atomic E-state index is -4.27. The van der Waals surface area contributed by atoms with Crippen LogP contribution in [0.15, 0.2) is 5.51 Å². The van der Waals surface area contributed by atoms with Crippen LogP contribution in [-0.2, 0) is 4.74 Å². The Morgan fingerprint density at radius 3 is 2.70 bits per heavy atom. The Morgan fingerprint density at radius 2 is 2.09 bits per heavy atom. The quantitative estimate of drug-likeness (QED) is 0.788. The topological polar surface area (TPSA) is 70.6 Å². The Balaban J connectivity index is 1.58. The van der Waals surface area contributed by atoms with Crippen molar-refractivity contribution in [2.75, 3.05) is 51.3 Å². The number of carbonyl (C=O) groups excluding carboxylic acids is 1. The van der Waals surface area contributed by atoms with Crippen LogP contribution in [0.2, 0.25) is 0 Å². The Kier molecular flexibility index (Phi) is 6.54. The number of amides is 2. The number of ether oxygens (including phenoxy) is 1. The molecule has 130 valence electrons. The number of carbonyl (C=O) groups is 1. The van der Waals surface area contributed by atoms with Gasteiger partial charge in [0.05, 0.1) is 0 Å². The van der Waals surface area contributed by atoms with E-state index in [9.17, 15) is 18.0 Å². The van der Waals surface area contributed by atoms with Crippen molar-refractivity contribution in [3.63, 3.8) is 0 Å². The maximum atomic E-state index is 12.0. The number of hydrogen-bond acceptors (Lipinski definition) is 6. The monoisotopic (exact) mass is 353 g/mol. The maximum Gasteiger partial charge on any atom is 0.411 e. The number of urea groups is 1. The van der Waals surface area contributed by atoms with Gasteiger partial charge < -0.3 is 9.64 Å². The highest BCUT2D eigenvalue weighted by Crippen LogP contribution is 2.14. The molecular weight excluding hydrogens is 335 g/mol. The predicted octanol–water partition coefficient (Wildman–Crippen LogP) is 1.66. The van der Waals surface area contributed by atoms with E-state index in [1.807, 2.05) is 0 Å². The number of nitrogens with zero attached hydrogens (tertiary/aromatic N) is 4. The van der Waals surface area contributed by atoms with Gasteiger partial charge in [-0.1, -0.05) is 11.3 Å². The van der Waals surface area contributed by atoms with Crippen LogP contribution in [0.4, 0.5) is 23.1 Å². The summed E-state index contributed by atoms with van der Waals surface area (Å²) in [6.45, 7) is 2.03. The fourth-order valence-electron chi connectivity index (χ4n) is 2.15. The van der Waals surface area contributed by atoms with Crippen molar-refractivity contribution < 1.29 is 22.7 Å². The van der Waals surface area contributed by atoms with Crippen molar-refractivity contribution in [3.05, 3.63) is 5.51 Å². The highest BCUT2D eigenvalue weighted by molar-refractivity contribution is 7.13. The maximum absolute atomic E-state index is 12.0. The van der Waals surface area contributed by atoms with Crippen molar-refractivity contribution in [3.8, 4) is 0 Å². The van der Waals surface area contributed by atoms with E-state index < -0.39 is 12.8 Å². The molecule has 1 aromatic heterocycles. The summed E-state index contributed by atoms with van der Waals surface area (Å²) in [6.07, 6.45) is -3.74. The predicted molar refractivity (Wildman–Crippen MR) is 78.4 cm³/mol. The number of alkyl halides is 3. The van der Waals surface area contributed by atoms with Crippen LogP contribution in [-0.4, -0.2) is 78.1 Å². The second kappa shape index (κ2) is 8.41. The average molecular weight is 353 g/mol. The number of rotatable bonds is 6. The van der Waals surface area contributed by atoms with E-state index in [4.69, 9.17) is 0 Å². The fraction of sp³-hybridized carbons (Fsp3) is 0.750. The van der Waals surface area contributed by atoms with E-state index in [-0.39, 0.29) is 12.6 Å². The molecule has 1 saturated heterocycles. The molecule has 0 radical (unpaired) electrons. The molecule has 7 nitrogen and oxygen atoms in total. The van der Waals surface area contributed by atoms with E-state index in [0.717, 1.165) is 0 Å². The zero-order chi connectivity index (χ0) is 16.7. The van der Waals surface area contributed by atoms with Gasteiger partial charge in [-0.25, -0.2) is 4.79 Å². The van der Waals surface area contributed by atoms with Gasteiger partial charge in [0.15, 0.2) is 0 Å². The third-order valence-corrected chi connectivity index (χ3v) is 3.87. The molecule has 0 bridgehead atoms. The molecule has 0 atom stereocenters. The Morgan fingerprint density at radius 1 is 1.35 bits per heavy atom. The van der Waals surface area contributed by atoms with Crippen LogP contribution < -0.4 is 5.32 Å². The standard InChI is InChI=1S/C12H18F3N5O2S/c13-12(14,15)8-22-7-1-2-19-3-5-20(6-4-19)11(21)17-10-18-16-9-23-10/h9H,1-8H2,(H,17,18,21). The third-order valence-electron chi connectivity index (χ3n) is 3.26. The summed E-state index contributed by atoms with van der Waals surface area (Å²) >= 11 is 1.25. The van der Waals surface area contributed by atoms with Gasteiger partial charge in [-0.15, -0.1) is 10.2 Å². The lowest BCUT2D eigenvalue weighted by Gasteiger charge is -2.34. The molecule has 2 rings (SSSR count). The number of nitrogens with one attached hydrogen (secondary N) is 1. The van der Waals surface area contributed by atoms with E-state index in [1.54, 1.807) is 4.90 Å². The second-order valence-electron chi connectivity index (χ2n) is 5.02. The van der Waals surface area contributed by atoms with Gasteiger partial charge in [-0.05, 0) is 6.42 Å². The van der Waals surface area contributed by atoms with Gasteiger partial charge in [0.25, 0.3) is 0 Å². The van der Waals surface area contributed by atoms with Crippen LogP contribution in [0.3, 0.4) is 0 Å². The summed E-state index contributed by atoms with van der Waals surface area (Å²) in [5.74, 6) is 0. The summed E-state index contributed by atoms with van der Waals surface area (Å²) in [4.78, 5) is 15.8. The van der Waals surface area contributed by atoms with Crippen molar-refractivity contribution in [2.24, 2.45) is 0 Å². The van der Waals surface area contributed by atoms with Gasteiger partial charge in [-0.2, -0.15) is 13.2 Å². The normalized spacial score (nSPS) is 16.6. The Bertz CT molecular complexity index is 478. The summed E-state index contributed by atoms with van der Waals surface area (Å²) in [5, 5.41) is 10.5. The number of anilines is 1. The van der Waals surface area contributed by atoms with Gasteiger partial charge in [0, 0.05) is 39.3 Å². The molecule has 2 heterocycles. The lowest BCUT2D eigenvalue weighted by atomic mass is 10.3. The first kappa shape index (κ1) is 17.9. The number of hydrogen-bond donors (Lipinski definition) is 1. The first-order valence-corrected chi connectivity index (χ1v) is 8.01. The first-order chi connectivity index (χ1) is 10.9. The molecule has 0 aliphatic carbocycles. The smallest absolute Gasteiger partial charge is 0.372 e. The van der Waals surface area contributed by atoms with Gasteiger partial charge in [-0.3, -0.25) is 10.2 Å². The summed E-state index contributed by atoms with van der Waals surface area (Å²) in [7, 11) is 0. The first-order valence-electron chi connectivity index (χ1n) is 7.13. The number of halogens is 3. The molecule has 1 aromatic rings. The summed E-state index contributed by atoms with van der Waals surface area (Å²) in [6, 6.07) is -0.213. The minimum Gasteiger partial charge on any atom is -0.372 e. The molecule has 1 fully saturated rings. The van der Waals surface area contributed by atoms with E-state index in [2.05, 4.69) is 25.2 Å². The summed E-state index contributed by atoms with van der Waals surface area (Å²) < 4.78 is 40.3. The molecule has 1 aliphatic rings. The lowest BCUT2D eigenvalue weighted by molar-refractivity contribution is -0.174. The van der Waals surface area contributed by atoms with Crippen molar-refractivity contribution >= 4 is 22.5 Å². The zero-order valence-electron chi connectivity index (χ0n) is 12.4. The summed E-state index contributed by atoms with van der Waals surface area (Å²) in [5.41, 5.74) is 1.54. The van der Waals surface area contributed by atoms with Crippen molar-refractivity contribution in [2.45, 2.75) is 12.6 Å². The largest absolute Gasteiger partial charge is 0.411 e. The number of aromatic nitrogens is 2. The minimum absolute atomic E-state index is 0.0806. The van der Waals surface area contributed by atoms with Crippen LogP contribution in [0.1, 0.15) is 6.42 Å². The molecule has 0 spiro atoms. The SMILES string of the molecule is O=C(Nc1nncs1)N1CCN(CCCOCC(F)(F)F)CC1. The fourth-order valence-corrected chi connectivity index (χ4v) is 2.59. The molecule has 23 heavy (non-hydrogen) atoms. The lowest BCUT2D eigenvalue weighted by Crippen LogP contribution is -2.50. The molecule has 1 N–H and O–H groups in total. The molecule has 0 unspecified atom stereocenters. The van der Waals surface area contributed by atoms with Gasteiger partial charge >= 0.3 is 12.2 Å². The van der Waals surface area contributed by atoms with Crippen LogP contribution in [0.5, 0.6) is 0 Å². The molecule has 2 amide bonds. The van der Waals surface area contributed by atoms with Crippen LogP contribution >= 0.6 is 11.3 Å². The molecule has 0 saturated carbocycles. The Hall–Kier alpha value is -1.46. The number of piperazine rings is 1. The van der Waals surface area contributed by atoms with Crippen LogP contribution in [0, 0.1) is 0 Å². The van der Waals surface area contributed by atoms with Crippen LogP contribution in [0.25, 0.3) is 0 Å². The van der Waals surface area contributed by atoms with E-state index >= 15 is 0 Å². The van der Waals surface area contributed by atoms with Crippen molar-refractivity contribution in [1.82, 2.24) is 20.0 Å². The highest BCUT2D eigenvalue weighted by atomic mass is 32.1. The molecular formula is C12H18F3N5O2S. The Labute approximate surface area is 135 Å². The van der Waals surface area contributed by atoms with Gasteiger partial charge in [0.1, 0.15) is 12.1 Å². The second-order valence-corrected chi connectivity index (χ2v) is 5.86. The van der Waals surface area contributed by atoms with E-state index in [0.29, 0.717) is 44.3 Å². The van der Waals surface area contributed by atoms with Crippen molar-refractivity contribution in [1.29, 1.82) is 0 Å². The highest BCUT2D eigenvalue weighted by Gasteiger charge is 2.27. The molecule has 11 heteroatoms. The zero-order valence-corrected chi connectivity index (χ0v) is 13.2. The van der Waals surface area contributed by atoms with E-state index in [1.165, 1.54) is 16.8 Å². The average Bonchev–Trinajstić information content (AvgIpc) is 2.99. The third kappa shape index (κ3) is 6.67. The van der Waals surface area contributed by atoms with Gasteiger partial charge in [0.2, 0.25) is 5.13 Å². The molecule has 1 aliphatic heterocycles. The molecule has 0 aromatic carbocycles.